The molecule has 1 aliphatic rings. The Balaban J connectivity index is 2.27. The lowest BCUT2D eigenvalue weighted by Crippen LogP contribution is -2.36. The molecule has 1 fully saturated rings. The molecule has 72 valence electrons. The summed E-state index contributed by atoms with van der Waals surface area (Å²) in [5.41, 5.74) is 5.05. The van der Waals surface area contributed by atoms with Gasteiger partial charge in [-0.25, -0.2) is 0 Å². The van der Waals surface area contributed by atoms with E-state index in [0.29, 0.717) is 13.0 Å². The average Bonchev–Trinajstić information content (AvgIpc) is 2.15. The Morgan fingerprint density at radius 3 is 3.08 bits per heavy atom. The lowest BCUT2D eigenvalue weighted by Gasteiger charge is -2.28. The molecule has 1 unspecified atom stereocenters. The SMILES string of the molecule is N#CC1CCCN(CCC(N)=O)C1. The number of carbonyl (C=O) groups excluding carboxylic acids is 1. The van der Waals surface area contributed by atoms with Crippen molar-refractivity contribution in [1.29, 1.82) is 5.26 Å². The molecule has 2 N–H and O–H groups in total. The Morgan fingerprint density at radius 1 is 1.69 bits per heavy atom. The Bertz CT molecular complexity index is 221. The quantitative estimate of drug-likeness (QED) is 0.671. The van der Waals surface area contributed by atoms with Gasteiger partial charge in [0.25, 0.3) is 0 Å². The number of nitriles is 1. The summed E-state index contributed by atoms with van der Waals surface area (Å²) >= 11 is 0. The molecule has 0 spiro atoms. The van der Waals surface area contributed by atoms with Crippen LogP contribution in [0.1, 0.15) is 19.3 Å². The zero-order valence-corrected chi connectivity index (χ0v) is 7.70. The van der Waals surface area contributed by atoms with E-state index in [2.05, 4.69) is 11.0 Å². The highest BCUT2D eigenvalue weighted by Gasteiger charge is 2.18. The van der Waals surface area contributed by atoms with E-state index in [1.807, 2.05) is 0 Å². The molecule has 4 nitrogen and oxygen atoms in total. The number of primary amides is 1. The van der Waals surface area contributed by atoms with Crippen LogP contribution in [0.5, 0.6) is 0 Å². The van der Waals surface area contributed by atoms with Gasteiger partial charge in [0.1, 0.15) is 0 Å². The molecule has 1 atom stereocenters. The van der Waals surface area contributed by atoms with Crippen LogP contribution in [0.15, 0.2) is 0 Å². The van der Waals surface area contributed by atoms with Crippen molar-refractivity contribution in [2.45, 2.75) is 19.3 Å². The summed E-state index contributed by atoms with van der Waals surface area (Å²) < 4.78 is 0. The Morgan fingerprint density at radius 2 is 2.46 bits per heavy atom. The predicted octanol–water partition coefficient (Wildman–Crippen LogP) is 0.0974. The fourth-order valence-corrected chi connectivity index (χ4v) is 1.63. The number of amides is 1. The van der Waals surface area contributed by atoms with E-state index in [4.69, 9.17) is 11.0 Å². The van der Waals surface area contributed by atoms with Gasteiger partial charge in [0.2, 0.25) is 5.91 Å². The van der Waals surface area contributed by atoms with Crippen molar-refractivity contribution in [2.75, 3.05) is 19.6 Å². The van der Waals surface area contributed by atoms with Gasteiger partial charge in [-0.1, -0.05) is 0 Å². The molecule has 1 rings (SSSR count). The number of hydrogen-bond acceptors (Lipinski definition) is 3. The maximum atomic E-state index is 10.5. The average molecular weight is 181 g/mol. The smallest absolute Gasteiger partial charge is 0.218 e. The summed E-state index contributed by atoms with van der Waals surface area (Å²) in [4.78, 5) is 12.7. The van der Waals surface area contributed by atoms with E-state index in [0.717, 1.165) is 25.9 Å². The molecular formula is C9H15N3O. The molecule has 1 saturated heterocycles. The molecule has 0 aromatic rings. The first kappa shape index (κ1) is 10.0. The van der Waals surface area contributed by atoms with Gasteiger partial charge in [-0.3, -0.25) is 4.79 Å². The molecule has 13 heavy (non-hydrogen) atoms. The van der Waals surface area contributed by atoms with Gasteiger partial charge >= 0.3 is 0 Å². The summed E-state index contributed by atoms with van der Waals surface area (Å²) in [6, 6.07) is 2.26. The summed E-state index contributed by atoms with van der Waals surface area (Å²) in [5.74, 6) is -0.124. The van der Waals surface area contributed by atoms with E-state index in [9.17, 15) is 4.79 Å². The van der Waals surface area contributed by atoms with Crippen LogP contribution in [0.3, 0.4) is 0 Å². The molecular weight excluding hydrogens is 166 g/mol. The van der Waals surface area contributed by atoms with Crippen molar-refractivity contribution in [3.8, 4) is 6.07 Å². The topological polar surface area (TPSA) is 70.1 Å². The predicted molar refractivity (Wildman–Crippen MR) is 48.6 cm³/mol. The highest BCUT2D eigenvalue weighted by molar-refractivity contribution is 5.73. The first-order valence-electron chi connectivity index (χ1n) is 4.62. The lowest BCUT2D eigenvalue weighted by molar-refractivity contribution is -0.118. The zero-order chi connectivity index (χ0) is 9.68. The monoisotopic (exact) mass is 181 g/mol. The molecule has 1 heterocycles. The summed E-state index contributed by atoms with van der Waals surface area (Å²) in [6.45, 7) is 2.49. The van der Waals surface area contributed by atoms with Gasteiger partial charge in [0, 0.05) is 19.5 Å². The number of carbonyl (C=O) groups is 1. The first-order chi connectivity index (χ1) is 6.22. The molecule has 0 aromatic heterocycles. The minimum Gasteiger partial charge on any atom is -0.370 e. The number of piperidine rings is 1. The third kappa shape index (κ3) is 3.43. The molecule has 1 aliphatic heterocycles. The van der Waals surface area contributed by atoms with E-state index in [1.165, 1.54) is 0 Å². The van der Waals surface area contributed by atoms with E-state index >= 15 is 0 Å². The highest BCUT2D eigenvalue weighted by atomic mass is 16.1. The van der Waals surface area contributed by atoms with E-state index in [1.54, 1.807) is 0 Å². The van der Waals surface area contributed by atoms with Crippen LogP contribution < -0.4 is 5.73 Å². The van der Waals surface area contributed by atoms with E-state index in [-0.39, 0.29) is 11.8 Å². The van der Waals surface area contributed by atoms with Crippen LogP contribution >= 0.6 is 0 Å². The fraction of sp³-hybridized carbons (Fsp3) is 0.778. The van der Waals surface area contributed by atoms with Crippen molar-refractivity contribution in [1.82, 2.24) is 4.90 Å². The second-order valence-electron chi connectivity index (χ2n) is 3.49. The highest BCUT2D eigenvalue weighted by Crippen LogP contribution is 2.15. The van der Waals surface area contributed by atoms with Gasteiger partial charge in [-0.2, -0.15) is 5.26 Å². The minimum absolute atomic E-state index is 0.140. The third-order valence-electron chi connectivity index (χ3n) is 2.36. The Kier molecular flexibility index (Phi) is 3.71. The van der Waals surface area contributed by atoms with Gasteiger partial charge in [0.05, 0.1) is 12.0 Å². The van der Waals surface area contributed by atoms with Crippen LogP contribution in [0.4, 0.5) is 0 Å². The molecule has 0 bridgehead atoms. The number of nitrogens with zero attached hydrogens (tertiary/aromatic N) is 2. The van der Waals surface area contributed by atoms with Gasteiger partial charge in [-0.15, -0.1) is 0 Å². The number of hydrogen-bond donors (Lipinski definition) is 1. The van der Waals surface area contributed by atoms with Crippen LogP contribution in [0.2, 0.25) is 0 Å². The van der Waals surface area contributed by atoms with Crippen molar-refractivity contribution >= 4 is 5.91 Å². The minimum atomic E-state index is -0.265. The number of rotatable bonds is 3. The Labute approximate surface area is 78.3 Å². The van der Waals surface area contributed by atoms with Gasteiger partial charge < -0.3 is 10.6 Å². The second-order valence-corrected chi connectivity index (χ2v) is 3.49. The molecule has 0 aromatic carbocycles. The molecule has 0 aliphatic carbocycles. The molecule has 0 radical (unpaired) electrons. The van der Waals surface area contributed by atoms with Crippen LogP contribution in [-0.4, -0.2) is 30.4 Å². The largest absolute Gasteiger partial charge is 0.370 e. The van der Waals surface area contributed by atoms with Crippen molar-refractivity contribution in [2.24, 2.45) is 11.7 Å². The summed E-state index contributed by atoms with van der Waals surface area (Å²) in [5, 5.41) is 8.72. The third-order valence-corrected chi connectivity index (χ3v) is 2.36. The zero-order valence-electron chi connectivity index (χ0n) is 7.70. The molecule has 4 heteroatoms. The maximum Gasteiger partial charge on any atom is 0.218 e. The van der Waals surface area contributed by atoms with Gasteiger partial charge in [-0.05, 0) is 19.4 Å². The van der Waals surface area contributed by atoms with E-state index < -0.39 is 0 Å². The van der Waals surface area contributed by atoms with Crippen LogP contribution in [0.25, 0.3) is 0 Å². The lowest BCUT2D eigenvalue weighted by atomic mass is 10.00. The van der Waals surface area contributed by atoms with Crippen molar-refractivity contribution in [3.63, 3.8) is 0 Å². The van der Waals surface area contributed by atoms with Gasteiger partial charge in [0.15, 0.2) is 0 Å². The van der Waals surface area contributed by atoms with Crippen molar-refractivity contribution in [3.05, 3.63) is 0 Å². The Hall–Kier alpha value is -1.08. The normalized spacial score (nSPS) is 23.8. The number of nitrogens with two attached hydrogens (primary N) is 1. The number of likely N-dealkylation sites (tertiary alicyclic amines) is 1. The second kappa shape index (κ2) is 4.83. The first-order valence-corrected chi connectivity index (χ1v) is 4.62. The summed E-state index contributed by atoms with van der Waals surface area (Å²) in [6.07, 6.45) is 2.44. The van der Waals surface area contributed by atoms with Crippen molar-refractivity contribution < 1.29 is 4.79 Å². The standard InChI is InChI=1S/C9H15N3O/c10-6-8-2-1-4-12(7-8)5-3-9(11)13/h8H,1-5,7H2,(H2,11,13). The van der Waals surface area contributed by atoms with Crippen LogP contribution in [0, 0.1) is 17.2 Å². The van der Waals surface area contributed by atoms with Crippen LogP contribution in [-0.2, 0) is 4.79 Å². The molecule has 0 saturated carbocycles. The molecule has 1 amide bonds. The maximum absolute atomic E-state index is 10.5. The summed E-state index contributed by atoms with van der Waals surface area (Å²) in [7, 11) is 0. The fourth-order valence-electron chi connectivity index (χ4n) is 1.63.